The van der Waals surface area contributed by atoms with Crippen LogP contribution < -0.4 is 10.6 Å². The first kappa shape index (κ1) is 15.0. The van der Waals surface area contributed by atoms with Crippen molar-refractivity contribution >= 4 is 11.9 Å². The van der Waals surface area contributed by atoms with Gasteiger partial charge in [-0.3, -0.25) is 4.79 Å². The third-order valence-corrected chi connectivity index (χ3v) is 3.79. The summed E-state index contributed by atoms with van der Waals surface area (Å²) in [6, 6.07) is -0.853. The van der Waals surface area contributed by atoms with Gasteiger partial charge in [-0.15, -0.1) is 0 Å². The summed E-state index contributed by atoms with van der Waals surface area (Å²) in [6.45, 7) is 8.87. The zero-order valence-electron chi connectivity index (χ0n) is 11.7. The Kier molecular flexibility index (Phi) is 4.37. The molecule has 0 aromatic rings. The zero-order valence-corrected chi connectivity index (χ0v) is 11.7. The van der Waals surface area contributed by atoms with Crippen molar-refractivity contribution in [1.82, 2.24) is 10.6 Å². The van der Waals surface area contributed by atoms with Crippen LogP contribution in [0.25, 0.3) is 0 Å². The molecule has 0 aromatic carbocycles. The molecule has 2 atom stereocenters. The number of rotatable bonds is 4. The summed E-state index contributed by atoms with van der Waals surface area (Å²) in [5.74, 6) is -1.12. The molecule has 1 amide bonds. The zero-order chi connectivity index (χ0) is 14.0. The van der Waals surface area contributed by atoms with Gasteiger partial charge < -0.3 is 15.7 Å². The van der Waals surface area contributed by atoms with E-state index in [2.05, 4.69) is 10.6 Å². The summed E-state index contributed by atoms with van der Waals surface area (Å²) < 4.78 is 0. The van der Waals surface area contributed by atoms with E-state index in [4.69, 9.17) is 0 Å². The van der Waals surface area contributed by atoms with E-state index < -0.39 is 22.8 Å². The van der Waals surface area contributed by atoms with E-state index in [0.29, 0.717) is 6.54 Å². The predicted octanol–water partition coefficient (Wildman–Crippen LogP) is 0.992. The number of aliphatic carboxylic acids is 1. The van der Waals surface area contributed by atoms with Crippen molar-refractivity contribution in [3.05, 3.63) is 0 Å². The third kappa shape index (κ3) is 3.02. The molecule has 1 saturated heterocycles. The molecule has 1 fully saturated rings. The van der Waals surface area contributed by atoms with Gasteiger partial charge in [-0.2, -0.15) is 0 Å². The fourth-order valence-electron chi connectivity index (χ4n) is 2.33. The quantitative estimate of drug-likeness (QED) is 0.701. The highest BCUT2D eigenvalue weighted by Crippen LogP contribution is 2.30. The van der Waals surface area contributed by atoms with Crippen LogP contribution in [0.5, 0.6) is 0 Å². The normalized spacial score (nSPS) is 25.8. The van der Waals surface area contributed by atoms with Crippen LogP contribution in [0.3, 0.4) is 0 Å². The van der Waals surface area contributed by atoms with Crippen LogP contribution in [-0.4, -0.2) is 36.1 Å². The second kappa shape index (κ2) is 5.26. The second-order valence-electron chi connectivity index (χ2n) is 6.17. The van der Waals surface area contributed by atoms with Gasteiger partial charge in [-0.05, 0) is 24.8 Å². The van der Waals surface area contributed by atoms with Crippen LogP contribution in [0.15, 0.2) is 0 Å². The average Bonchev–Trinajstić information content (AvgIpc) is 2.73. The van der Waals surface area contributed by atoms with Crippen molar-refractivity contribution in [2.75, 3.05) is 13.1 Å². The minimum absolute atomic E-state index is 0.141. The van der Waals surface area contributed by atoms with E-state index in [0.717, 1.165) is 19.4 Å². The molecule has 0 spiro atoms. The van der Waals surface area contributed by atoms with Crippen molar-refractivity contribution in [3.8, 4) is 0 Å². The molecule has 1 heterocycles. The Balaban J connectivity index is 2.81. The molecule has 1 rings (SSSR count). The summed E-state index contributed by atoms with van der Waals surface area (Å²) >= 11 is 0. The molecule has 0 radical (unpaired) electrons. The predicted molar refractivity (Wildman–Crippen MR) is 69.2 cm³/mol. The summed E-state index contributed by atoms with van der Waals surface area (Å²) in [7, 11) is 0. The molecule has 0 saturated carbocycles. The minimum atomic E-state index is -0.979. The molecule has 5 heteroatoms. The smallest absolute Gasteiger partial charge is 0.326 e. The van der Waals surface area contributed by atoms with E-state index in [1.165, 1.54) is 0 Å². The molecular formula is C13H24N2O3. The fourth-order valence-corrected chi connectivity index (χ4v) is 2.33. The fraction of sp³-hybridized carbons (Fsp3) is 0.846. The topological polar surface area (TPSA) is 78.4 Å². The summed E-state index contributed by atoms with van der Waals surface area (Å²) in [4.78, 5) is 23.6. The number of carbonyl (C=O) groups is 2. The first-order valence-corrected chi connectivity index (χ1v) is 6.47. The molecule has 5 nitrogen and oxygen atoms in total. The molecule has 0 aromatic heterocycles. The van der Waals surface area contributed by atoms with Crippen molar-refractivity contribution in [2.45, 2.75) is 46.6 Å². The van der Waals surface area contributed by atoms with E-state index in [1.54, 1.807) is 0 Å². The maximum absolute atomic E-state index is 12.3. The van der Waals surface area contributed by atoms with Gasteiger partial charge >= 0.3 is 5.97 Å². The molecule has 1 unspecified atom stereocenters. The van der Waals surface area contributed by atoms with E-state index in [9.17, 15) is 14.7 Å². The molecule has 1 aliphatic heterocycles. The van der Waals surface area contributed by atoms with E-state index >= 15 is 0 Å². The number of carbonyl (C=O) groups excluding carboxylic acids is 1. The van der Waals surface area contributed by atoms with Crippen LogP contribution in [0.2, 0.25) is 0 Å². The highest BCUT2D eigenvalue weighted by molar-refractivity contribution is 5.88. The van der Waals surface area contributed by atoms with Crippen LogP contribution >= 0.6 is 0 Å². The highest BCUT2D eigenvalue weighted by Gasteiger charge is 2.42. The maximum atomic E-state index is 12.3. The Labute approximate surface area is 108 Å². The molecule has 0 aliphatic carbocycles. The lowest BCUT2D eigenvalue weighted by Crippen LogP contribution is -2.54. The van der Waals surface area contributed by atoms with Crippen LogP contribution in [0.1, 0.15) is 40.5 Å². The Morgan fingerprint density at radius 1 is 1.44 bits per heavy atom. The molecule has 0 bridgehead atoms. The summed E-state index contributed by atoms with van der Waals surface area (Å²) in [5.41, 5.74) is -0.943. The molecule has 1 aliphatic rings. The number of hydrogen-bond acceptors (Lipinski definition) is 3. The number of amides is 1. The van der Waals surface area contributed by atoms with Crippen LogP contribution in [0.4, 0.5) is 0 Å². The average molecular weight is 256 g/mol. The maximum Gasteiger partial charge on any atom is 0.326 e. The van der Waals surface area contributed by atoms with E-state index in [1.807, 2.05) is 27.7 Å². The first-order chi connectivity index (χ1) is 8.23. The van der Waals surface area contributed by atoms with Crippen molar-refractivity contribution < 1.29 is 14.7 Å². The van der Waals surface area contributed by atoms with Gasteiger partial charge in [0.1, 0.15) is 6.04 Å². The van der Waals surface area contributed by atoms with Gasteiger partial charge in [-0.1, -0.05) is 27.7 Å². The van der Waals surface area contributed by atoms with Crippen molar-refractivity contribution in [3.63, 3.8) is 0 Å². The van der Waals surface area contributed by atoms with Crippen LogP contribution in [0, 0.1) is 10.8 Å². The van der Waals surface area contributed by atoms with Gasteiger partial charge in [-0.25, -0.2) is 4.79 Å². The molecular weight excluding hydrogens is 232 g/mol. The number of carboxylic acids is 1. The van der Waals surface area contributed by atoms with Crippen LogP contribution in [-0.2, 0) is 9.59 Å². The molecule has 3 N–H and O–H groups in total. The molecule has 104 valence electrons. The Hall–Kier alpha value is -1.10. The first-order valence-electron chi connectivity index (χ1n) is 6.47. The largest absolute Gasteiger partial charge is 0.480 e. The Morgan fingerprint density at radius 3 is 2.39 bits per heavy atom. The van der Waals surface area contributed by atoms with Crippen molar-refractivity contribution in [2.24, 2.45) is 10.8 Å². The second-order valence-corrected chi connectivity index (χ2v) is 6.17. The van der Waals surface area contributed by atoms with Gasteiger partial charge in [0.15, 0.2) is 0 Å². The van der Waals surface area contributed by atoms with Gasteiger partial charge in [0.2, 0.25) is 5.91 Å². The summed E-state index contributed by atoms with van der Waals surface area (Å²) in [6.07, 6.45) is 1.49. The van der Waals surface area contributed by atoms with Gasteiger partial charge in [0.25, 0.3) is 0 Å². The Morgan fingerprint density at radius 2 is 2.06 bits per heavy atom. The number of hydrogen-bond donors (Lipinski definition) is 3. The number of carboxylic acid groups (broad SMARTS) is 1. The lowest BCUT2D eigenvalue weighted by atomic mass is 9.81. The van der Waals surface area contributed by atoms with Gasteiger partial charge in [0.05, 0.1) is 5.41 Å². The van der Waals surface area contributed by atoms with Gasteiger partial charge in [0, 0.05) is 6.54 Å². The monoisotopic (exact) mass is 256 g/mol. The SMILES string of the molecule is CCC1(C(=O)N[C@H](C(=O)O)C(C)(C)C)CCNC1. The Bertz CT molecular complexity index is 328. The standard InChI is InChI=1S/C13H24N2O3/c1-5-13(6-7-14-8-13)11(18)15-9(10(16)17)12(2,3)4/h9,14H,5-8H2,1-4H3,(H,15,18)(H,16,17)/t9-,13?/m1/s1. The lowest BCUT2D eigenvalue weighted by molar-refractivity contribution is -0.146. The van der Waals surface area contributed by atoms with E-state index in [-0.39, 0.29) is 5.91 Å². The highest BCUT2D eigenvalue weighted by atomic mass is 16.4. The summed E-state index contributed by atoms with van der Waals surface area (Å²) in [5, 5.41) is 15.1. The molecule has 18 heavy (non-hydrogen) atoms. The lowest BCUT2D eigenvalue weighted by Gasteiger charge is -2.32. The third-order valence-electron chi connectivity index (χ3n) is 3.79. The number of nitrogens with one attached hydrogen (secondary N) is 2. The minimum Gasteiger partial charge on any atom is -0.480 e. The van der Waals surface area contributed by atoms with Crippen molar-refractivity contribution in [1.29, 1.82) is 0 Å².